The van der Waals surface area contributed by atoms with Gasteiger partial charge in [-0.1, -0.05) is 30.3 Å². The van der Waals surface area contributed by atoms with E-state index in [4.69, 9.17) is 4.74 Å². The van der Waals surface area contributed by atoms with Gasteiger partial charge in [0.25, 0.3) is 0 Å². The van der Waals surface area contributed by atoms with E-state index in [9.17, 15) is 18.0 Å². The van der Waals surface area contributed by atoms with Gasteiger partial charge < -0.3 is 9.64 Å². The first-order valence-electron chi connectivity index (χ1n) is 8.16. The smallest absolute Gasteiger partial charge is 0.410 e. The highest BCUT2D eigenvalue weighted by Crippen LogP contribution is 2.39. The summed E-state index contributed by atoms with van der Waals surface area (Å²) in [6.07, 6.45) is -4.83. The van der Waals surface area contributed by atoms with E-state index >= 15 is 0 Å². The number of carbonyl (C=O) groups is 1. The average Bonchev–Trinajstić information content (AvgIpc) is 2.44. The maximum absolute atomic E-state index is 12.7. The second kappa shape index (κ2) is 7.03. The highest BCUT2D eigenvalue weighted by atomic mass is 19.4. The normalized spacial score (nSPS) is 22.3. The summed E-state index contributed by atoms with van der Waals surface area (Å²) in [6.45, 7) is 5.60. The monoisotopic (exact) mass is 343 g/mol. The number of benzene rings is 1. The summed E-state index contributed by atoms with van der Waals surface area (Å²) in [5.41, 5.74) is 0.205. The van der Waals surface area contributed by atoms with Crippen LogP contribution in [-0.2, 0) is 4.74 Å². The number of hydrogen-bond donors (Lipinski definition) is 0. The van der Waals surface area contributed by atoms with Crippen molar-refractivity contribution in [3.05, 3.63) is 35.9 Å². The predicted molar refractivity (Wildman–Crippen MR) is 85.5 cm³/mol. The van der Waals surface area contributed by atoms with Crippen LogP contribution in [0.25, 0.3) is 0 Å². The first-order chi connectivity index (χ1) is 11.1. The van der Waals surface area contributed by atoms with Gasteiger partial charge in [-0.2, -0.15) is 13.2 Å². The van der Waals surface area contributed by atoms with E-state index in [0.29, 0.717) is 12.8 Å². The Balaban J connectivity index is 2.19. The molecule has 0 saturated carbocycles. The minimum atomic E-state index is -4.18. The maximum Gasteiger partial charge on any atom is 0.410 e. The number of carbonyl (C=O) groups excluding carboxylic acids is 1. The number of ether oxygens (including phenoxy) is 1. The van der Waals surface area contributed by atoms with Crippen molar-refractivity contribution in [1.29, 1.82) is 0 Å². The van der Waals surface area contributed by atoms with Gasteiger partial charge in [-0.15, -0.1) is 0 Å². The first kappa shape index (κ1) is 18.6. The fraction of sp³-hybridized carbons (Fsp3) is 0.611. The number of amides is 1. The molecule has 2 unspecified atom stereocenters. The van der Waals surface area contributed by atoms with Crippen LogP contribution in [0, 0.1) is 5.92 Å². The third-order valence-electron chi connectivity index (χ3n) is 4.04. The molecule has 0 aromatic heterocycles. The van der Waals surface area contributed by atoms with Gasteiger partial charge in [0.15, 0.2) is 0 Å². The van der Waals surface area contributed by atoms with E-state index in [1.807, 2.05) is 30.3 Å². The van der Waals surface area contributed by atoms with Crippen molar-refractivity contribution >= 4 is 6.09 Å². The molecule has 24 heavy (non-hydrogen) atoms. The Morgan fingerprint density at radius 2 is 1.83 bits per heavy atom. The zero-order valence-electron chi connectivity index (χ0n) is 14.3. The topological polar surface area (TPSA) is 29.5 Å². The standard InChI is InChI=1S/C18H24F3NO2/c1-17(2,3)24-16(23)22-10-9-13(12-18(19,20)21)11-15(22)14-7-5-4-6-8-14/h4-8,13,15H,9-12H2,1-3H3. The molecule has 0 radical (unpaired) electrons. The minimum Gasteiger partial charge on any atom is -0.444 e. The molecule has 1 aromatic carbocycles. The van der Waals surface area contributed by atoms with Crippen LogP contribution in [0.2, 0.25) is 0 Å². The SMILES string of the molecule is CC(C)(C)OC(=O)N1CCC(CC(F)(F)F)CC1c1ccccc1. The number of halogens is 3. The molecular weight excluding hydrogens is 319 g/mol. The summed E-state index contributed by atoms with van der Waals surface area (Å²) in [5, 5.41) is 0. The number of rotatable bonds is 2. The minimum absolute atomic E-state index is 0.273. The van der Waals surface area contributed by atoms with Gasteiger partial charge in [0.05, 0.1) is 6.04 Å². The molecule has 1 saturated heterocycles. The number of piperidine rings is 1. The number of likely N-dealkylation sites (tertiary alicyclic amines) is 1. The Morgan fingerprint density at radius 3 is 2.38 bits per heavy atom. The Labute approximate surface area is 140 Å². The fourth-order valence-corrected chi connectivity index (χ4v) is 3.08. The van der Waals surface area contributed by atoms with Crippen LogP contribution in [0.15, 0.2) is 30.3 Å². The van der Waals surface area contributed by atoms with Crippen molar-refractivity contribution in [3.8, 4) is 0 Å². The molecule has 1 amide bonds. The van der Waals surface area contributed by atoms with E-state index in [2.05, 4.69) is 0 Å². The molecule has 1 heterocycles. The molecule has 1 aliphatic heterocycles. The van der Waals surface area contributed by atoms with E-state index in [1.54, 1.807) is 25.7 Å². The lowest BCUT2D eigenvalue weighted by atomic mass is 9.85. The van der Waals surface area contributed by atoms with E-state index in [0.717, 1.165) is 5.56 Å². The van der Waals surface area contributed by atoms with Gasteiger partial charge in [-0.05, 0) is 45.1 Å². The summed E-state index contributed by atoms with van der Waals surface area (Å²) < 4.78 is 43.7. The molecule has 1 aliphatic rings. The van der Waals surface area contributed by atoms with E-state index < -0.39 is 30.2 Å². The fourth-order valence-electron chi connectivity index (χ4n) is 3.08. The van der Waals surface area contributed by atoms with Gasteiger partial charge in [-0.3, -0.25) is 0 Å². The number of alkyl halides is 3. The first-order valence-corrected chi connectivity index (χ1v) is 8.16. The number of hydrogen-bond acceptors (Lipinski definition) is 2. The second-order valence-electron chi connectivity index (χ2n) is 7.31. The Kier molecular flexibility index (Phi) is 5.45. The number of nitrogens with zero attached hydrogens (tertiary/aromatic N) is 1. The van der Waals surface area contributed by atoms with E-state index in [-0.39, 0.29) is 12.6 Å². The van der Waals surface area contributed by atoms with Gasteiger partial charge in [0.2, 0.25) is 0 Å². The summed E-state index contributed by atoms with van der Waals surface area (Å²) in [5.74, 6) is -0.478. The zero-order chi connectivity index (χ0) is 18.0. The molecule has 6 heteroatoms. The second-order valence-corrected chi connectivity index (χ2v) is 7.31. The van der Waals surface area contributed by atoms with E-state index in [1.165, 1.54) is 0 Å². The molecule has 134 valence electrons. The lowest BCUT2D eigenvalue weighted by Gasteiger charge is -2.40. The molecular formula is C18H24F3NO2. The third kappa shape index (κ3) is 5.42. The van der Waals surface area contributed by atoms with Crippen LogP contribution in [-0.4, -0.2) is 29.3 Å². The van der Waals surface area contributed by atoms with Crippen molar-refractivity contribution in [1.82, 2.24) is 4.90 Å². The molecule has 1 aromatic rings. The Morgan fingerprint density at radius 1 is 1.21 bits per heavy atom. The highest BCUT2D eigenvalue weighted by Gasteiger charge is 2.39. The van der Waals surface area contributed by atoms with Crippen LogP contribution in [0.3, 0.4) is 0 Å². The summed E-state index contributed by atoms with van der Waals surface area (Å²) in [7, 11) is 0. The molecule has 0 bridgehead atoms. The molecule has 0 aliphatic carbocycles. The largest absolute Gasteiger partial charge is 0.444 e. The molecule has 2 atom stereocenters. The van der Waals surface area contributed by atoms with Crippen LogP contribution in [0.4, 0.5) is 18.0 Å². The molecule has 2 rings (SSSR count). The molecule has 1 fully saturated rings. The highest BCUT2D eigenvalue weighted by molar-refractivity contribution is 5.69. The summed E-state index contributed by atoms with van der Waals surface area (Å²) >= 11 is 0. The van der Waals surface area contributed by atoms with Crippen LogP contribution in [0.5, 0.6) is 0 Å². The molecule has 3 nitrogen and oxygen atoms in total. The van der Waals surface area contributed by atoms with Crippen molar-refractivity contribution < 1.29 is 22.7 Å². The van der Waals surface area contributed by atoms with Crippen molar-refractivity contribution in [2.24, 2.45) is 5.92 Å². The molecule has 0 N–H and O–H groups in total. The summed E-state index contributed by atoms with van der Waals surface area (Å²) in [6, 6.07) is 8.81. The van der Waals surface area contributed by atoms with Gasteiger partial charge >= 0.3 is 12.3 Å². The van der Waals surface area contributed by atoms with Crippen molar-refractivity contribution in [2.75, 3.05) is 6.54 Å². The Bertz CT molecular complexity index is 552. The van der Waals surface area contributed by atoms with Gasteiger partial charge in [0.1, 0.15) is 5.60 Å². The maximum atomic E-state index is 12.7. The van der Waals surface area contributed by atoms with Crippen LogP contribution < -0.4 is 0 Å². The molecule has 0 spiro atoms. The Hall–Kier alpha value is -1.72. The lowest BCUT2D eigenvalue weighted by molar-refractivity contribution is -0.148. The van der Waals surface area contributed by atoms with Gasteiger partial charge in [0, 0.05) is 13.0 Å². The zero-order valence-corrected chi connectivity index (χ0v) is 14.3. The van der Waals surface area contributed by atoms with Crippen LogP contribution in [0.1, 0.15) is 51.6 Å². The quantitative estimate of drug-likeness (QED) is 0.726. The summed E-state index contributed by atoms with van der Waals surface area (Å²) in [4.78, 5) is 14.0. The predicted octanol–water partition coefficient (Wildman–Crippen LogP) is 5.33. The van der Waals surface area contributed by atoms with Crippen molar-refractivity contribution in [3.63, 3.8) is 0 Å². The average molecular weight is 343 g/mol. The lowest BCUT2D eigenvalue weighted by Crippen LogP contribution is -2.44. The third-order valence-corrected chi connectivity index (χ3v) is 4.04. The van der Waals surface area contributed by atoms with Crippen LogP contribution >= 0.6 is 0 Å². The van der Waals surface area contributed by atoms with Gasteiger partial charge in [-0.25, -0.2) is 4.79 Å². The van der Waals surface area contributed by atoms with Crippen molar-refractivity contribution in [2.45, 2.75) is 57.9 Å².